The molecule has 3 rings (SSSR count). The lowest BCUT2D eigenvalue weighted by molar-refractivity contribution is 0.0600. The Morgan fingerprint density at radius 3 is 2.74 bits per heavy atom. The fraction of sp³-hybridized carbons (Fsp3) is 0.188. The van der Waals surface area contributed by atoms with Crippen LogP contribution >= 0.6 is 23.2 Å². The molecule has 1 aromatic heterocycles. The van der Waals surface area contributed by atoms with Crippen LogP contribution in [0.15, 0.2) is 18.2 Å². The van der Waals surface area contributed by atoms with Gasteiger partial charge in [-0.25, -0.2) is 4.79 Å². The Balaban J connectivity index is 2.44. The van der Waals surface area contributed by atoms with Crippen LogP contribution in [0.25, 0.3) is 11.1 Å². The van der Waals surface area contributed by atoms with Gasteiger partial charge in [0, 0.05) is 11.1 Å². The summed E-state index contributed by atoms with van der Waals surface area (Å²) in [7, 11) is 1.28. The second-order valence-electron chi connectivity index (χ2n) is 5.04. The smallest absolute Gasteiger partial charge is 0.340 e. The van der Waals surface area contributed by atoms with Crippen molar-refractivity contribution in [2.75, 3.05) is 7.11 Å². The maximum atomic E-state index is 12.3. The number of amides is 1. The van der Waals surface area contributed by atoms with Gasteiger partial charge >= 0.3 is 5.97 Å². The first-order valence-electron chi connectivity index (χ1n) is 6.80. The standard InChI is InChI=1S/C16H12Cl2N2O3/c1-7-11(16(22)23-2)12(8-4-3-5-9(17)14(8)18)13-10(20-7)6-19-15(13)21/h3-5H,6H2,1-2H3,(H,19,21). The Morgan fingerprint density at radius 2 is 2.04 bits per heavy atom. The van der Waals surface area contributed by atoms with Gasteiger partial charge in [-0.15, -0.1) is 0 Å². The van der Waals surface area contributed by atoms with Gasteiger partial charge in [-0.1, -0.05) is 35.3 Å². The van der Waals surface area contributed by atoms with Gasteiger partial charge in [0.1, 0.15) is 0 Å². The highest BCUT2D eigenvalue weighted by molar-refractivity contribution is 6.44. The molecule has 0 aliphatic carbocycles. The normalized spacial score (nSPS) is 12.8. The molecule has 1 aromatic carbocycles. The van der Waals surface area contributed by atoms with Gasteiger partial charge < -0.3 is 10.1 Å². The van der Waals surface area contributed by atoms with Crippen molar-refractivity contribution >= 4 is 35.1 Å². The van der Waals surface area contributed by atoms with Crippen LogP contribution < -0.4 is 5.32 Å². The number of rotatable bonds is 2. The number of pyridine rings is 1. The lowest BCUT2D eigenvalue weighted by atomic mass is 9.93. The Hall–Kier alpha value is -2.11. The number of nitrogens with zero attached hydrogens (tertiary/aromatic N) is 1. The van der Waals surface area contributed by atoms with E-state index in [0.29, 0.717) is 39.6 Å². The van der Waals surface area contributed by atoms with E-state index in [1.54, 1.807) is 25.1 Å². The van der Waals surface area contributed by atoms with E-state index in [1.165, 1.54) is 7.11 Å². The molecule has 5 nitrogen and oxygen atoms in total. The van der Waals surface area contributed by atoms with Crippen LogP contribution in [0.1, 0.15) is 32.1 Å². The molecule has 1 aliphatic rings. The molecule has 23 heavy (non-hydrogen) atoms. The van der Waals surface area contributed by atoms with Crippen molar-refractivity contribution in [3.8, 4) is 11.1 Å². The first kappa shape index (κ1) is 15.8. The third-order valence-electron chi connectivity index (χ3n) is 3.71. The van der Waals surface area contributed by atoms with Gasteiger partial charge in [0.05, 0.1) is 46.2 Å². The van der Waals surface area contributed by atoms with E-state index in [4.69, 9.17) is 27.9 Å². The van der Waals surface area contributed by atoms with Crippen LogP contribution in [-0.4, -0.2) is 24.0 Å². The summed E-state index contributed by atoms with van der Waals surface area (Å²) in [6.45, 7) is 2.00. The van der Waals surface area contributed by atoms with Crippen LogP contribution in [-0.2, 0) is 11.3 Å². The lowest BCUT2D eigenvalue weighted by Gasteiger charge is -2.15. The minimum atomic E-state index is -0.580. The van der Waals surface area contributed by atoms with Gasteiger partial charge in [-0.3, -0.25) is 9.78 Å². The number of hydrogen-bond acceptors (Lipinski definition) is 4. The van der Waals surface area contributed by atoms with E-state index in [-0.39, 0.29) is 16.5 Å². The molecule has 0 bridgehead atoms. The highest BCUT2D eigenvalue weighted by Gasteiger charge is 2.32. The number of ether oxygens (including phenoxy) is 1. The summed E-state index contributed by atoms with van der Waals surface area (Å²) in [6.07, 6.45) is 0. The van der Waals surface area contributed by atoms with Crippen LogP contribution in [0.5, 0.6) is 0 Å². The molecule has 0 spiro atoms. The molecular formula is C16H12Cl2N2O3. The third kappa shape index (κ3) is 2.46. The predicted molar refractivity (Wildman–Crippen MR) is 86.9 cm³/mol. The minimum Gasteiger partial charge on any atom is -0.465 e. The zero-order valence-electron chi connectivity index (χ0n) is 12.4. The van der Waals surface area contributed by atoms with Crippen molar-refractivity contribution in [2.24, 2.45) is 0 Å². The Labute approximate surface area is 142 Å². The van der Waals surface area contributed by atoms with Crippen molar-refractivity contribution in [1.29, 1.82) is 0 Å². The summed E-state index contributed by atoms with van der Waals surface area (Å²) in [4.78, 5) is 28.9. The maximum Gasteiger partial charge on any atom is 0.340 e. The topological polar surface area (TPSA) is 68.3 Å². The van der Waals surface area contributed by atoms with Gasteiger partial charge in [0.2, 0.25) is 0 Å². The number of carbonyl (C=O) groups is 2. The summed E-state index contributed by atoms with van der Waals surface area (Å²) in [5.74, 6) is -0.882. The Bertz CT molecular complexity index is 850. The molecule has 0 unspecified atom stereocenters. The van der Waals surface area contributed by atoms with Gasteiger partial charge in [-0.2, -0.15) is 0 Å². The average Bonchev–Trinajstić information content (AvgIpc) is 2.89. The Morgan fingerprint density at radius 1 is 1.30 bits per heavy atom. The van der Waals surface area contributed by atoms with E-state index in [9.17, 15) is 9.59 Å². The van der Waals surface area contributed by atoms with E-state index in [0.717, 1.165) is 0 Å². The summed E-state index contributed by atoms with van der Waals surface area (Å²) >= 11 is 12.4. The van der Waals surface area contributed by atoms with Crippen molar-refractivity contribution in [2.45, 2.75) is 13.5 Å². The van der Waals surface area contributed by atoms with Gasteiger partial charge in [-0.05, 0) is 13.0 Å². The molecule has 0 saturated carbocycles. The van der Waals surface area contributed by atoms with Crippen LogP contribution in [0.3, 0.4) is 0 Å². The van der Waals surface area contributed by atoms with Gasteiger partial charge in [0.15, 0.2) is 0 Å². The molecule has 0 saturated heterocycles. The number of nitrogens with one attached hydrogen (secondary N) is 1. The van der Waals surface area contributed by atoms with E-state index >= 15 is 0 Å². The molecule has 0 atom stereocenters. The lowest BCUT2D eigenvalue weighted by Crippen LogP contribution is -2.15. The molecule has 0 radical (unpaired) electrons. The second kappa shape index (κ2) is 5.83. The molecule has 7 heteroatoms. The number of methoxy groups -OCH3 is 1. The number of esters is 1. The summed E-state index contributed by atoms with van der Waals surface area (Å²) in [5, 5.41) is 3.32. The molecular weight excluding hydrogens is 339 g/mol. The summed E-state index contributed by atoms with van der Waals surface area (Å²) in [6, 6.07) is 5.06. The first-order valence-corrected chi connectivity index (χ1v) is 7.55. The van der Waals surface area contributed by atoms with Crippen molar-refractivity contribution < 1.29 is 14.3 Å². The maximum absolute atomic E-state index is 12.3. The zero-order valence-corrected chi connectivity index (χ0v) is 13.9. The number of carbonyl (C=O) groups excluding carboxylic acids is 2. The molecule has 1 amide bonds. The van der Waals surface area contributed by atoms with Crippen molar-refractivity contribution in [3.63, 3.8) is 0 Å². The molecule has 2 heterocycles. The number of fused-ring (bicyclic) bond motifs is 1. The SMILES string of the molecule is COC(=O)c1c(C)nc2c(c1-c1cccc(Cl)c1Cl)C(=O)NC2. The Kier molecular flexibility index (Phi) is 4.00. The molecule has 1 N–H and O–H groups in total. The highest BCUT2D eigenvalue weighted by atomic mass is 35.5. The van der Waals surface area contributed by atoms with Crippen molar-refractivity contribution in [3.05, 3.63) is 50.8 Å². The summed E-state index contributed by atoms with van der Waals surface area (Å²) in [5.41, 5.74) is 2.50. The van der Waals surface area contributed by atoms with Crippen LogP contribution in [0.4, 0.5) is 0 Å². The third-order valence-corrected chi connectivity index (χ3v) is 4.53. The largest absolute Gasteiger partial charge is 0.465 e. The second-order valence-corrected chi connectivity index (χ2v) is 5.83. The van der Waals surface area contributed by atoms with Gasteiger partial charge in [0.25, 0.3) is 5.91 Å². The average molecular weight is 351 g/mol. The highest BCUT2D eigenvalue weighted by Crippen LogP contribution is 2.40. The molecule has 0 fully saturated rings. The number of aromatic nitrogens is 1. The van der Waals surface area contributed by atoms with Crippen LogP contribution in [0, 0.1) is 6.92 Å². The quantitative estimate of drug-likeness (QED) is 0.842. The van der Waals surface area contributed by atoms with Crippen LogP contribution in [0.2, 0.25) is 10.0 Å². The molecule has 2 aromatic rings. The fourth-order valence-electron chi connectivity index (χ4n) is 2.71. The number of aryl methyl sites for hydroxylation is 1. The fourth-order valence-corrected chi connectivity index (χ4v) is 3.10. The monoisotopic (exact) mass is 350 g/mol. The van der Waals surface area contributed by atoms with E-state index < -0.39 is 5.97 Å². The van der Waals surface area contributed by atoms with E-state index in [2.05, 4.69) is 10.3 Å². The van der Waals surface area contributed by atoms with E-state index in [1.807, 2.05) is 0 Å². The number of halogens is 2. The summed E-state index contributed by atoms with van der Waals surface area (Å²) < 4.78 is 4.86. The number of benzene rings is 1. The van der Waals surface area contributed by atoms with Crippen molar-refractivity contribution in [1.82, 2.24) is 10.3 Å². The molecule has 1 aliphatic heterocycles. The zero-order chi connectivity index (χ0) is 16.7. The minimum absolute atomic E-state index is 0.215. The molecule has 118 valence electrons. The number of hydrogen-bond donors (Lipinski definition) is 1. The first-order chi connectivity index (χ1) is 11.0. The predicted octanol–water partition coefficient (Wildman–Crippen LogP) is 3.39.